The maximum atomic E-state index is 12.7. The van der Waals surface area contributed by atoms with E-state index in [1.54, 1.807) is 31.2 Å². The third-order valence-corrected chi connectivity index (χ3v) is 4.10. The van der Waals surface area contributed by atoms with Crippen molar-refractivity contribution in [2.75, 3.05) is 19.5 Å². The Bertz CT molecular complexity index is 1100. The van der Waals surface area contributed by atoms with Gasteiger partial charge < -0.3 is 19.2 Å². The first-order valence-electron chi connectivity index (χ1n) is 8.05. The van der Waals surface area contributed by atoms with Crippen molar-refractivity contribution >= 4 is 28.5 Å². The lowest BCUT2D eigenvalue weighted by Crippen LogP contribution is -2.16. The molecule has 0 bridgehead atoms. The van der Waals surface area contributed by atoms with Gasteiger partial charge in [0.2, 0.25) is 0 Å². The number of hydrogen-bond acceptors (Lipinski definition) is 6. The number of anilines is 1. The zero-order valence-corrected chi connectivity index (χ0v) is 15.0. The molecule has 0 aliphatic rings. The summed E-state index contributed by atoms with van der Waals surface area (Å²) in [7, 11) is 2.78. The fourth-order valence-corrected chi connectivity index (χ4v) is 2.69. The summed E-state index contributed by atoms with van der Waals surface area (Å²) in [5, 5.41) is 3.16. The Labute approximate surface area is 154 Å². The Hall–Kier alpha value is -3.61. The van der Waals surface area contributed by atoms with Crippen molar-refractivity contribution in [1.82, 2.24) is 0 Å². The minimum Gasteiger partial charge on any atom is -0.497 e. The highest BCUT2D eigenvalue weighted by Crippen LogP contribution is 2.24. The van der Waals surface area contributed by atoms with Gasteiger partial charge >= 0.3 is 11.6 Å². The number of amides is 1. The van der Waals surface area contributed by atoms with Crippen molar-refractivity contribution in [2.24, 2.45) is 0 Å². The van der Waals surface area contributed by atoms with Crippen LogP contribution in [-0.2, 0) is 4.74 Å². The number of rotatable bonds is 4. The number of ether oxygens (including phenoxy) is 2. The number of hydrogen-bond donors (Lipinski definition) is 1. The van der Waals surface area contributed by atoms with E-state index in [0.29, 0.717) is 22.4 Å². The van der Waals surface area contributed by atoms with E-state index >= 15 is 0 Å². The first kappa shape index (κ1) is 18.2. The molecule has 1 heterocycles. The number of benzene rings is 2. The number of methoxy groups -OCH3 is 2. The standard InChI is InChI=1S/C20H17NO6/c1-11-4-5-12(8-15(11)20(24)26-3)21-19(23)16-10-18(22)27-17-9-13(25-2)6-7-14(16)17/h4-10H,1-3H3,(H,21,23). The van der Waals surface area contributed by atoms with Crippen LogP contribution in [0.2, 0.25) is 0 Å². The summed E-state index contributed by atoms with van der Waals surface area (Å²) in [6.07, 6.45) is 0. The molecule has 0 atom stereocenters. The first-order valence-corrected chi connectivity index (χ1v) is 8.05. The first-order chi connectivity index (χ1) is 12.9. The van der Waals surface area contributed by atoms with Crippen molar-refractivity contribution in [2.45, 2.75) is 6.92 Å². The number of carbonyl (C=O) groups is 2. The van der Waals surface area contributed by atoms with Crippen LogP contribution in [-0.4, -0.2) is 26.1 Å². The van der Waals surface area contributed by atoms with Crippen LogP contribution in [0.15, 0.2) is 51.7 Å². The Morgan fingerprint density at radius 3 is 2.48 bits per heavy atom. The summed E-state index contributed by atoms with van der Waals surface area (Å²) >= 11 is 0. The highest BCUT2D eigenvalue weighted by molar-refractivity contribution is 6.12. The Balaban J connectivity index is 2.00. The monoisotopic (exact) mass is 367 g/mol. The van der Waals surface area contributed by atoms with Gasteiger partial charge in [-0.15, -0.1) is 0 Å². The van der Waals surface area contributed by atoms with Crippen LogP contribution < -0.4 is 15.7 Å². The second-order valence-corrected chi connectivity index (χ2v) is 5.82. The van der Waals surface area contributed by atoms with Gasteiger partial charge in [-0.1, -0.05) is 6.07 Å². The van der Waals surface area contributed by atoms with E-state index in [1.807, 2.05) is 0 Å². The van der Waals surface area contributed by atoms with E-state index in [2.05, 4.69) is 5.32 Å². The van der Waals surface area contributed by atoms with Crippen LogP contribution in [0.4, 0.5) is 5.69 Å². The van der Waals surface area contributed by atoms with E-state index < -0.39 is 17.5 Å². The second-order valence-electron chi connectivity index (χ2n) is 5.82. The summed E-state index contributed by atoms with van der Waals surface area (Å²) in [6.45, 7) is 1.77. The summed E-state index contributed by atoms with van der Waals surface area (Å²) < 4.78 is 15.0. The van der Waals surface area contributed by atoms with Gasteiger partial charge in [-0.2, -0.15) is 0 Å². The lowest BCUT2D eigenvalue weighted by Gasteiger charge is -2.10. The fourth-order valence-electron chi connectivity index (χ4n) is 2.69. The minimum atomic E-state index is -0.653. The number of carbonyl (C=O) groups excluding carboxylic acids is 2. The van der Waals surface area contributed by atoms with Gasteiger partial charge in [-0.05, 0) is 36.8 Å². The molecule has 0 aliphatic heterocycles. The maximum absolute atomic E-state index is 12.7. The van der Waals surface area contributed by atoms with Gasteiger partial charge in [0, 0.05) is 23.2 Å². The van der Waals surface area contributed by atoms with Crippen molar-refractivity contribution in [3.8, 4) is 5.75 Å². The number of aryl methyl sites for hydroxylation is 1. The smallest absolute Gasteiger partial charge is 0.338 e. The predicted molar refractivity (Wildman–Crippen MR) is 99.5 cm³/mol. The molecule has 2 aromatic carbocycles. The lowest BCUT2D eigenvalue weighted by atomic mass is 10.1. The third kappa shape index (κ3) is 3.67. The van der Waals surface area contributed by atoms with Crippen molar-refractivity contribution in [3.63, 3.8) is 0 Å². The van der Waals surface area contributed by atoms with Crippen LogP contribution in [0.5, 0.6) is 5.75 Å². The normalized spacial score (nSPS) is 10.5. The van der Waals surface area contributed by atoms with E-state index in [1.165, 1.54) is 26.4 Å². The van der Waals surface area contributed by atoms with E-state index in [9.17, 15) is 14.4 Å². The molecule has 1 aromatic heterocycles. The molecule has 0 unspecified atom stereocenters. The van der Waals surface area contributed by atoms with E-state index in [0.717, 1.165) is 11.6 Å². The SMILES string of the molecule is COC(=O)c1cc(NC(=O)c2cc(=O)oc3cc(OC)ccc23)ccc1C. The Morgan fingerprint density at radius 1 is 1.00 bits per heavy atom. The van der Waals surface area contributed by atoms with Crippen molar-refractivity contribution < 1.29 is 23.5 Å². The van der Waals surface area contributed by atoms with Crippen molar-refractivity contribution in [3.05, 3.63) is 69.6 Å². The van der Waals surface area contributed by atoms with Gasteiger partial charge in [0.05, 0.1) is 25.3 Å². The van der Waals surface area contributed by atoms with Gasteiger partial charge in [0.15, 0.2) is 0 Å². The van der Waals surface area contributed by atoms with E-state index in [-0.39, 0.29) is 11.1 Å². The average molecular weight is 367 g/mol. The second kappa shape index (κ2) is 7.33. The largest absolute Gasteiger partial charge is 0.497 e. The van der Waals surface area contributed by atoms with Crippen LogP contribution in [0.25, 0.3) is 11.0 Å². The van der Waals surface area contributed by atoms with Gasteiger partial charge in [-0.3, -0.25) is 4.79 Å². The molecule has 1 amide bonds. The highest BCUT2D eigenvalue weighted by Gasteiger charge is 2.16. The average Bonchev–Trinajstić information content (AvgIpc) is 2.67. The highest BCUT2D eigenvalue weighted by atomic mass is 16.5. The van der Waals surface area contributed by atoms with Crippen LogP contribution in [0.3, 0.4) is 0 Å². The number of nitrogens with one attached hydrogen (secondary N) is 1. The summed E-state index contributed by atoms with van der Waals surface area (Å²) in [4.78, 5) is 36.4. The van der Waals surface area contributed by atoms with E-state index in [4.69, 9.17) is 13.9 Å². The molecule has 0 saturated carbocycles. The number of fused-ring (bicyclic) bond motifs is 1. The van der Waals surface area contributed by atoms with Crippen molar-refractivity contribution in [1.29, 1.82) is 0 Å². The molecule has 0 radical (unpaired) electrons. The molecule has 0 spiro atoms. The molecule has 3 aromatic rings. The Kier molecular flexibility index (Phi) is 4.94. The molecule has 0 aliphatic carbocycles. The molecular formula is C20H17NO6. The summed E-state index contributed by atoms with van der Waals surface area (Å²) in [6, 6.07) is 10.9. The van der Waals surface area contributed by atoms with Crippen LogP contribution in [0, 0.1) is 6.92 Å². The summed E-state index contributed by atoms with van der Waals surface area (Å²) in [5.74, 6) is -0.497. The third-order valence-electron chi connectivity index (χ3n) is 4.10. The fraction of sp³-hybridized carbons (Fsp3) is 0.150. The molecule has 3 rings (SSSR count). The maximum Gasteiger partial charge on any atom is 0.338 e. The Morgan fingerprint density at radius 2 is 1.78 bits per heavy atom. The molecule has 7 nitrogen and oxygen atoms in total. The van der Waals surface area contributed by atoms with Crippen LogP contribution >= 0.6 is 0 Å². The zero-order chi connectivity index (χ0) is 19.6. The molecule has 0 fully saturated rings. The molecule has 0 saturated heterocycles. The summed E-state index contributed by atoms with van der Waals surface area (Å²) in [5.41, 5.74) is 1.21. The zero-order valence-electron chi connectivity index (χ0n) is 15.0. The quantitative estimate of drug-likeness (QED) is 0.562. The topological polar surface area (TPSA) is 94.8 Å². The van der Waals surface area contributed by atoms with Crippen LogP contribution in [0.1, 0.15) is 26.3 Å². The molecule has 1 N–H and O–H groups in total. The van der Waals surface area contributed by atoms with Gasteiger partial charge in [0.1, 0.15) is 11.3 Å². The molecular weight excluding hydrogens is 350 g/mol. The minimum absolute atomic E-state index is 0.157. The molecule has 27 heavy (non-hydrogen) atoms. The number of esters is 1. The predicted octanol–water partition coefficient (Wildman–Crippen LogP) is 3.15. The molecule has 7 heteroatoms. The van der Waals surface area contributed by atoms with Gasteiger partial charge in [-0.25, -0.2) is 9.59 Å². The molecule has 138 valence electrons. The van der Waals surface area contributed by atoms with Gasteiger partial charge in [0.25, 0.3) is 5.91 Å². The lowest BCUT2D eigenvalue weighted by molar-refractivity contribution is 0.0599.